The van der Waals surface area contributed by atoms with Crippen molar-refractivity contribution in [3.63, 3.8) is 0 Å². The fraction of sp³-hybridized carbons (Fsp3) is 0.571. The molecule has 7 heteroatoms. The molecule has 1 fully saturated rings. The van der Waals surface area contributed by atoms with Crippen molar-refractivity contribution in [3.05, 3.63) is 29.8 Å². The van der Waals surface area contributed by atoms with Crippen molar-refractivity contribution < 1.29 is 16.8 Å². The van der Waals surface area contributed by atoms with Gasteiger partial charge in [0.2, 0.25) is 10.0 Å². The maximum atomic E-state index is 12.5. The first kappa shape index (κ1) is 16.5. The zero-order valence-electron chi connectivity index (χ0n) is 12.3. The van der Waals surface area contributed by atoms with E-state index in [2.05, 4.69) is 0 Å². The van der Waals surface area contributed by atoms with Crippen LogP contribution in [-0.2, 0) is 19.9 Å². The van der Waals surface area contributed by atoms with Crippen molar-refractivity contribution in [1.29, 1.82) is 0 Å². The number of benzene rings is 1. The Morgan fingerprint density at radius 2 is 1.57 bits per heavy atom. The van der Waals surface area contributed by atoms with E-state index in [-0.39, 0.29) is 23.7 Å². The molecule has 0 radical (unpaired) electrons. The van der Waals surface area contributed by atoms with Crippen molar-refractivity contribution >= 4 is 19.9 Å². The Balaban J connectivity index is 2.13. The Morgan fingerprint density at radius 1 is 1.05 bits per heavy atom. The molecule has 0 amide bonds. The van der Waals surface area contributed by atoms with E-state index in [9.17, 15) is 16.8 Å². The summed E-state index contributed by atoms with van der Waals surface area (Å²) in [6, 6.07) is 6.72. The molecule has 0 aromatic heterocycles. The standard InChI is InChI=1S/C14H21NO4S2/c1-3-20(16,17)13-8-10-15(11-9-13)21(18,19)14-6-4-12(2)5-7-14/h4-7,13H,3,8-11H2,1-2H3. The van der Waals surface area contributed by atoms with Crippen molar-refractivity contribution in [3.8, 4) is 0 Å². The van der Waals surface area contributed by atoms with Crippen LogP contribution < -0.4 is 0 Å². The van der Waals surface area contributed by atoms with E-state index in [0.717, 1.165) is 5.56 Å². The number of nitrogens with zero attached hydrogens (tertiary/aromatic N) is 1. The van der Waals surface area contributed by atoms with Gasteiger partial charge in [-0.2, -0.15) is 4.31 Å². The molecule has 21 heavy (non-hydrogen) atoms. The van der Waals surface area contributed by atoms with E-state index in [0.29, 0.717) is 12.8 Å². The van der Waals surface area contributed by atoms with E-state index in [4.69, 9.17) is 0 Å². The lowest BCUT2D eigenvalue weighted by molar-refractivity contribution is 0.345. The first-order valence-corrected chi connectivity index (χ1v) is 10.2. The summed E-state index contributed by atoms with van der Waals surface area (Å²) in [6.07, 6.45) is 0.753. The van der Waals surface area contributed by atoms with Crippen LogP contribution >= 0.6 is 0 Å². The summed E-state index contributed by atoms with van der Waals surface area (Å²) in [7, 11) is -6.60. The molecule has 0 saturated carbocycles. The van der Waals surface area contributed by atoms with E-state index in [1.54, 1.807) is 31.2 Å². The van der Waals surface area contributed by atoms with Crippen LogP contribution in [0.1, 0.15) is 25.3 Å². The monoisotopic (exact) mass is 331 g/mol. The number of sulfonamides is 1. The van der Waals surface area contributed by atoms with Gasteiger partial charge in [0.1, 0.15) is 0 Å². The van der Waals surface area contributed by atoms with Gasteiger partial charge in [-0.3, -0.25) is 0 Å². The van der Waals surface area contributed by atoms with Gasteiger partial charge in [0.15, 0.2) is 9.84 Å². The summed E-state index contributed by atoms with van der Waals surface area (Å²) in [5.41, 5.74) is 1.00. The molecule has 0 unspecified atom stereocenters. The molecular weight excluding hydrogens is 310 g/mol. The molecule has 0 N–H and O–H groups in total. The van der Waals surface area contributed by atoms with Gasteiger partial charge in [-0.05, 0) is 31.9 Å². The minimum atomic E-state index is -3.52. The van der Waals surface area contributed by atoms with Crippen molar-refractivity contribution in [2.75, 3.05) is 18.8 Å². The zero-order chi connectivity index (χ0) is 15.7. The predicted octanol–water partition coefficient (Wildman–Crippen LogP) is 1.58. The highest BCUT2D eigenvalue weighted by atomic mass is 32.2. The molecule has 1 aromatic rings. The van der Waals surface area contributed by atoms with Gasteiger partial charge in [0.05, 0.1) is 10.1 Å². The third-order valence-electron chi connectivity index (χ3n) is 3.97. The molecule has 0 atom stereocenters. The Bertz CT molecular complexity index is 685. The quantitative estimate of drug-likeness (QED) is 0.840. The SMILES string of the molecule is CCS(=O)(=O)C1CCN(S(=O)(=O)c2ccc(C)cc2)CC1. The molecule has 0 bridgehead atoms. The Hall–Kier alpha value is -0.920. The number of rotatable bonds is 4. The molecule has 1 heterocycles. The minimum absolute atomic E-state index is 0.113. The van der Waals surface area contributed by atoms with Gasteiger partial charge >= 0.3 is 0 Å². The summed E-state index contributed by atoms with van der Waals surface area (Å²) in [4.78, 5) is 0.268. The van der Waals surface area contributed by atoms with Gasteiger partial charge in [-0.15, -0.1) is 0 Å². The normalized spacial score (nSPS) is 18.8. The second-order valence-corrected chi connectivity index (χ2v) is 9.88. The highest BCUT2D eigenvalue weighted by Crippen LogP contribution is 2.24. The van der Waals surface area contributed by atoms with Crippen LogP contribution in [0, 0.1) is 6.92 Å². The lowest BCUT2D eigenvalue weighted by atomic mass is 10.2. The number of hydrogen-bond donors (Lipinski definition) is 0. The van der Waals surface area contributed by atoms with E-state index < -0.39 is 25.1 Å². The number of sulfone groups is 1. The van der Waals surface area contributed by atoms with Crippen molar-refractivity contribution in [1.82, 2.24) is 4.31 Å². The van der Waals surface area contributed by atoms with Gasteiger partial charge in [-0.25, -0.2) is 16.8 Å². The highest BCUT2D eigenvalue weighted by molar-refractivity contribution is 7.92. The number of aryl methyl sites for hydroxylation is 1. The predicted molar refractivity (Wildman–Crippen MR) is 82.4 cm³/mol. The molecular formula is C14H21NO4S2. The van der Waals surface area contributed by atoms with Gasteiger partial charge < -0.3 is 0 Å². The van der Waals surface area contributed by atoms with E-state index >= 15 is 0 Å². The average molecular weight is 331 g/mol. The van der Waals surface area contributed by atoms with Crippen LogP contribution in [0.3, 0.4) is 0 Å². The lowest BCUT2D eigenvalue weighted by Crippen LogP contribution is -2.42. The molecule has 118 valence electrons. The maximum absolute atomic E-state index is 12.5. The number of hydrogen-bond acceptors (Lipinski definition) is 4. The third-order valence-corrected chi connectivity index (χ3v) is 8.17. The molecule has 0 spiro atoms. The van der Waals surface area contributed by atoms with Crippen molar-refractivity contribution in [2.45, 2.75) is 36.8 Å². The maximum Gasteiger partial charge on any atom is 0.243 e. The Labute approximate surface area is 126 Å². The largest absolute Gasteiger partial charge is 0.243 e. The lowest BCUT2D eigenvalue weighted by Gasteiger charge is -2.30. The fourth-order valence-corrected chi connectivity index (χ4v) is 5.40. The summed E-state index contributed by atoms with van der Waals surface area (Å²) >= 11 is 0. The van der Waals surface area contributed by atoms with E-state index in [1.807, 2.05) is 6.92 Å². The smallest absolute Gasteiger partial charge is 0.229 e. The molecule has 0 aliphatic carbocycles. The van der Waals surface area contributed by atoms with Crippen LogP contribution in [0.15, 0.2) is 29.2 Å². The first-order valence-electron chi connectivity index (χ1n) is 7.06. The second-order valence-electron chi connectivity index (χ2n) is 5.37. The Morgan fingerprint density at radius 3 is 2.05 bits per heavy atom. The zero-order valence-corrected chi connectivity index (χ0v) is 14.0. The van der Waals surface area contributed by atoms with E-state index in [1.165, 1.54) is 4.31 Å². The minimum Gasteiger partial charge on any atom is -0.229 e. The second kappa shape index (κ2) is 6.06. The van der Waals surface area contributed by atoms with Gasteiger partial charge in [-0.1, -0.05) is 24.6 Å². The average Bonchev–Trinajstić information content (AvgIpc) is 2.48. The molecule has 1 aromatic carbocycles. The molecule has 1 saturated heterocycles. The molecule has 5 nitrogen and oxygen atoms in total. The first-order chi connectivity index (χ1) is 9.77. The molecule has 1 aliphatic rings. The van der Waals surface area contributed by atoms with Crippen LogP contribution in [0.25, 0.3) is 0 Å². The van der Waals surface area contributed by atoms with Crippen LogP contribution in [0.2, 0.25) is 0 Å². The summed E-state index contributed by atoms with van der Waals surface area (Å²) in [6.45, 7) is 4.06. The molecule has 2 rings (SSSR count). The number of piperidine rings is 1. The third kappa shape index (κ3) is 3.46. The van der Waals surface area contributed by atoms with Gasteiger partial charge in [0.25, 0.3) is 0 Å². The fourth-order valence-electron chi connectivity index (χ4n) is 2.53. The van der Waals surface area contributed by atoms with Crippen LogP contribution in [0.5, 0.6) is 0 Å². The molecule has 1 aliphatic heterocycles. The van der Waals surface area contributed by atoms with Crippen LogP contribution in [-0.4, -0.2) is 45.2 Å². The highest BCUT2D eigenvalue weighted by Gasteiger charge is 2.33. The summed E-state index contributed by atoms with van der Waals surface area (Å²) in [5.74, 6) is 0.113. The topological polar surface area (TPSA) is 71.5 Å². The van der Waals surface area contributed by atoms with Crippen LogP contribution in [0.4, 0.5) is 0 Å². The Kier molecular flexibility index (Phi) is 4.75. The van der Waals surface area contributed by atoms with Crippen molar-refractivity contribution in [2.24, 2.45) is 0 Å². The summed E-state index contributed by atoms with van der Waals surface area (Å²) < 4.78 is 50.1. The van der Waals surface area contributed by atoms with Gasteiger partial charge in [0, 0.05) is 18.8 Å². The summed E-state index contributed by atoms with van der Waals surface area (Å²) in [5, 5.41) is -0.410.